The monoisotopic (exact) mass is 221 g/mol. The van der Waals surface area contributed by atoms with Gasteiger partial charge in [-0.2, -0.15) is 0 Å². The van der Waals surface area contributed by atoms with Crippen molar-refractivity contribution in [1.29, 1.82) is 0 Å². The Morgan fingerprint density at radius 1 is 1.38 bits per heavy atom. The van der Waals surface area contributed by atoms with Crippen molar-refractivity contribution in [2.75, 3.05) is 13.7 Å². The molecule has 1 aromatic carbocycles. The van der Waals surface area contributed by atoms with Gasteiger partial charge in [0.1, 0.15) is 18.1 Å². The summed E-state index contributed by atoms with van der Waals surface area (Å²) in [5, 5.41) is 0. The molecule has 1 rings (SSSR count). The van der Waals surface area contributed by atoms with Crippen LogP contribution < -0.4 is 15.2 Å². The first kappa shape index (κ1) is 12.6. The van der Waals surface area contributed by atoms with E-state index in [0.717, 1.165) is 17.1 Å². The molecule has 0 saturated heterocycles. The molecule has 0 radical (unpaired) electrons. The summed E-state index contributed by atoms with van der Waals surface area (Å²) in [6.07, 6.45) is 2.03. The summed E-state index contributed by atoms with van der Waals surface area (Å²) >= 11 is 0. The number of hydrogen-bond donors (Lipinski definition) is 1. The van der Waals surface area contributed by atoms with Gasteiger partial charge in [-0.25, -0.2) is 0 Å². The first-order valence-corrected chi connectivity index (χ1v) is 5.30. The molecule has 88 valence electrons. The quantitative estimate of drug-likeness (QED) is 0.777. The molecule has 0 aromatic heterocycles. The van der Waals surface area contributed by atoms with E-state index in [1.165, 1.54) is 5.57 Å². The molecule has 0 amide bonds. The van der Waals surface area contributed by atoms with Gasteiger partial charge in [0.25, 0.3) is 0 Å². The summed E-state index contributed by atoms with van der Waals surface area (Å²) in [6.45, 7) is 5.11. The van der Waals surface area contributed by atoms with Crippen LogP contribution in [-0.4, -0.2) is 13.7 Å². The minimum absolute atomic E-state index is 0.466. The third-order valence-electron chi connectivity index (χ3n) is 2.22. The molecule has 0 saturated carbocycles. The molecule has 1 aromatic rings. The fourth-order valence-electron chi connectivity index (χ4n) is 1.26. The highest BCUT2D eigenvalue weighted by Crippen LogP contribution is 2.24. The molecule has 0 fully saturated rings. The summed E-state index contributed by atoms with van der Waals surface area (Å²) in [7, 11) is 1.64. The van der Waals surface area contributed by atoms with Gasteiger partial charge in [-0.15, -0.1) is 0 Å². The minimum atomic E-state index is 0.466. The zero-order valence-corrected chi connectivity index (χ0v) is 10.1. The molecule has 0 bridgehead atoms. The lowest BCUT2D eigenvalue weighted by Crippen LogP contribution is -2.03. The number of ether oxygens (including phenoxy) is 2. The summed E-state index contributed by atoms with van der Waals surface area (Å²) in [5.74, 6) is 1.57. The highest BCUT2D eigenvalue weighted by atomic mass is 16.5. The van der Waals surface area contributed by atoms with Crippen LogP contribution in [0.25, 0.3) is 0 Å². The molecule has 0 spiro atoms. The summed E-state index contributed by atoms with van der Waals surface area (Å²) in [5.41, 5.74) is 7.86. The highest BCUT2D eigenvalue weighted by Gasteiger charge is 2.03. The fourth-order valence-corrected chi connectivity index (χ4v) is 1.26. The van der Waals surface area contributed by atoms with Crippen LogP contribution in [0.2, 0.25) is 0 Å². The molecule has 0 aliphatic rings. The maximum atomic E-state index is 5.64. The maximum Gasteiger partial charge on any atom is 0.127 e. The summed E-state index contributed by atoms with van der Waals surface area (Å²) in [6, 6.07) is 5.67. The van der Waals surface area contributed by atoms with E-state index >= 15 is 0 Å². The Bertz CT molecular complexity index is 368. The number of benzene rings is 1. The zero-order chi connectivity index (χ0) is 12.0. The second kappa shape index (κ2) is 6.18. The average Bonchev–Trinajstić information content (AvgIpc) is 2.28. The smallest absolute Gasteiger partial charge is 0.127 e. The Hall–Kier alpha value is -1.48. The molecule has 3 nitrogen and oxygen atoms in total. The van der Waals surface area contributed by atoms with Crippen molar-refractivity contribution in [2.24, 2.45) is 5.73 Å². The molecule has 0 aliphatic heterocycles. The lowest BCUT2D eigenvalue weighted by Gasteiger charge is -2.10. The molecule has 0 aliphatic carbocycles. The van der Waals surface area contributed by atoms with Crippen molar-refractivity contribution in [3.8, 4) is 11.5 Å². The third-order valence-corrected chi connectivity index (χ3v) is 2.22. The first-order chi connectivity index (χ1) is 7.67. The van der Waals surface area contributed by atoms with Crippen LogP contribution in [0.3, 0.4) is 0 Å². The van der Waals surface area contributed by atoms with Gasteiger partial charge in [-0.3, -0.25) is 0 Å². The van der Waals surface area contributed by atoms with Gasteiger partial charge in [0.05, 0.1) is 7.11 Å². The van der Waals surface area contributed by atoms with Gasteiger partial charge in [0.2, 0.25) is 0 Å². The number of nitrogens with two attached hydrogens (primary N) is 1. The lowest BCUT2D eigenvalue weighted by atomic mass is 10.2. The number of rotatable bonds is 5. The predicted octanol–water partition coefficient (Wildman–Crippen LogP) is 2.50. The van der Waals surface area contributed by atoms with Crippen molar-refractivity contribution >= 4 is 0 Å². The third kappa shape index (κ3) is 3.59. The van der Waals surface area contributed by atoms with E-state index in [2.05, 4.69) is 0 Å². The zero-order valence-electron chi connectivity index (χ0n) is 10.1. The Kier molecular flexibility index (Phi) is 4.86. The van der Waals surface area contributed by atoms with E-state index in [9.17, 15) is 0 Å². The average molecular weight is 221 g/mol. The van der Waals surface area contributed by atoms with Gasteiger partial charge in [0.15, 0.2) is 0 Å². The van der Waals surface area contributed by atoms with E-state index in [1.807, 2.05) is 38.1 Å². The van der Waals surface area contributed by atoms with Crippen LogP contribution >= 0.6 is 0 Å². The van der Waals surface area contributed by atoms with E-state index in [0.29, 0.717) is 13.2 Å². The Morgan fingerprint density at radius 2 is 2.12 bits per heavy atom. The van der Waals surface area contributed by atoms with Gasteiger partial charge in [-0.05, 0) is 26.0 Å². The van der Waals surface area contributed by atoms with Crippen molar-refractivity contribution < 1.29 is 9.47 Å². The van der Waals surface area contributed by atoms with Crippen molar-refractivity contribution in [2.45, 2.75) is 20.4 Å². The highest BCUT2D eigenvalue weighted by molar-refractivity contribution is 5.40. The first-order valence-electron chi connectivity index (χ1n) is 5.30. The molecule has 0 unspecified atom stereocenters. The second-order valence-corrected chi connectivity index (χ2v) is 3.77. The lowest BCUT2D eigenvalue weighted by molar-refractivity contribution is 0.352. The van der Waals surface area contributed by atoms with Crippen LogP contribution in [0.1, 0.15) is 19.4 Å². The molecule has 0 heterocycles. The van der Waals surface area contributed by atoms with E-state index in [4.69, 9.17) is 15.2 Å². The van der Waals surface area contributed by atoms with Crippen LogP contribution in [0.4, 0.5) is 0 Å². The Balaban J connectivity index is 2.79. The number of allylic oxidation sites excluding steroid dienone is 1. The molecule has 3 heteroatoms. The van der Waals surface area contributed by atoms with Crippen LogP contribution in [0.15, 0.2) is 29.8 Å². The molecule has 2 N–H and O–H groups in total. The summed E-state index contributed by atoms with van der Waals surface area (Å²) < 4.78 is 10.8. The maximum absolute atomic E-state index is 5.64. The molecular weight excluding hydrogens is 202 g/mol. The van der Waals surface area contributed by atoms with E-state index in [1.54, 1.807) is 7.11 Å². The standard InChI is InChI=1S/C13H19NO2/c1-10(2)6-7-16-13-8-12(15-3)5-4-11(13)9-14/h4-6,8H,7,9,14H2,1-3H3. The van der Waals surface area contributed by atoms with Gasteiger partial charge < -0.3 is 15.2 Å². The fraction of sp³-hybridized carbons (Fsp3) is 0.385. The largest absolute Gasteiger partial charge is 0.497 e. The summed E-state index contributed by atoms with van der Waals surface area (Å²) in [4.78, 5) is 0. The van der Waals surface area contributed by atoms with E-state index < -0.39 is 0 Å². The van der Waals surface area contributed by atoms with Gasteiger partial charge in [0, 0.05) is 18.2 Å². The Morgan fingerprint density at radius 3 is 2.69 bits per heavy atom. The van der Waals surface area contributed by atoms with Crippen LogP contribution in [0, 0.1) is 0 Å². The van der Waals surface area contributed by atoms with Gasteiger partial charge in [-0.1, -0.05) is 11.6 Å². The SMILES string of the molecule is COc1ccc(CN)c(OCC=C(C)C)c1. The van der Waals surface area contributed by atoms with Crippen molar-refractivity contribution in [1.82, 2.24) is 0 Å². The number of methoxy groups -OCH3 is 1. The van der Waals surface area contributed by atoms with Crippen molar-refractivity contribution in [3.05, 3.63) is 35.4 Å². The van der Waals surface area contributed by atoms with Crippen molar-refractivity contribution in [3.63, 3.8) is 0 Å². The normalized spacial score (nSPS) is 9.75. The minimum Gasteiger partial charge on any atom is -0.497 e. The Labute approximate surface area is 96.9 Å². The van der Waals surface area contributed by atoms with Gasteiger partial charge >= 0.3 is 0 Å². The topological polar surface area (TPSA) is 44.5 Å². The second-order valence-electron chi connectivity index (χ2n) is 3.77. The molecule has 16 heavy (non-hydrogen) atoms. The van der Waals surface area contributed by atoms with Crippen LogP contribution in [-0.2, 0) is 6.54 Å². The predicted molar refractivity (Wildman–Crippen MR) is 65.8 cm³/mol. The van der Waals surface area contributed by atoms with E-state index in [-0.39, 0.29) is 0 Å². The van der Waals surface area contributed by atoms with Crippen LogP contribution in [0.5, 0.6) is 11.5 Å². The molecule has 0 atom stereocenters. The molecular formula is C13H19NO2. The number of hydrogen-bond acceptors (Lipinski definition) is 3.